The molecule has 88 valence electrons. The van der Waals surface area contributed by atoms with Crippen LogP contribution < -0.4 is 11.1 Å². The predicted octanol–water partition coefficient (Wildman–Crippen LogP) is 1.71. The molecule has 2 aliphatic rings. The van der Waals surface area contributed by atoms with Gasteiger partial charge < -0.3 is 15.8 Å². The summed E-state index contributed by atoms with van der Waals surface area (Å²) in [5.41, 5.74) is 9.42. The molecule has 0 amide bonds. The average Bonchev–Trinajstić information content (AvgIpc) is 2.88. The van der Waals surface area contributed by atoms with Crippen LogP contribution in [0.1, 0.15) is 24.0 Å². The Labute approximate surface area is 97.0 Å². The van der Waals surface area contributed by atoms with Gasteiger partial charge in [-0.2, -0.15) is 0 Å². The molecule has 1 aromatic carbocycles. The lowest BCUT2D eigenvalue weighted by Crippen LogP contribution is -2.24. The van der Waals surface area contributed by atoms with Crippen molar-refractivity contribution < 1.29 is 4.74 Å². The third-order valence-corrected chi connectivity index (χ3v) is 3.01. The Kier molecular flexibility index (Phi) is 4.19. The highest BCUT2D eigenvalue weighted by Crippen LogP contribution is 2.19. The fourth-order valence-corrected chi connectivity index (χ4v) is 2.05. The van der Waals surface area contributed by atoms with E-state index >= 15 is 0 Å². The van der Waals surface area contributed by atoms with Crippen molar-refractivity contribution in [1.82, 2.24) is 5.32 Å². The lowest BCUT2D eigenvalue weighted by molar-refractivity contribution is 0.198. The van der Waals surface area contributed by atoms with Crippen molar-refractivity contribution >= 4 is 5.69 Å². The Morgan fingerprint density at radius 3 is 2.62 bits per heavy atom. The van der Waals surface area contributed by atoms with Crippen LogP contribution in [0.4, 0.5) is 5.69 Å². The Hall–Kier alpha value is -1.06. The normalized spacial score (nSPS) is 18.5. The minimum absolute atomic E-state index is 0.926. The second-order valence-corrected chi connectivity index (χ2v) is 4.23. The summed E-state index contributed by atoms with van der Waals surface area (Å²) in [5.74, 6) is 0. The monoisotopic (exact) mass is 220 g/mol. The van der Waals surface area contributed by atoms with Crippen LogP contribution in [0.25, 0.3) is 0 Å². The number of ether oxygens (including phenoxy) is 1. The summed E-state index contributed by atoms with van der Waals surface area (Å²) < 4.78 is 4.94. The molecule has 0 bridgehead atoms. The van der Waals surface area contributed by atoms with Crippen molar-refractivity contribution in [3.63, 3.8) is 0 Å². The van der Waals surface area contributed by atoms with E-state index in [0.717, 1.165) is 38.4 Å². The first kappa shape index (κ1) is 11.4. The zero-order chi connectivity index (χ0) is 11.2. The first-order valence-electron chi connectivity index (χ1n) is 6.02. The molecule has 3 heteroatoms. The number of rotatable bonds is 0. The predicted molar refractivity (Wildman–Crippen MR) is 66.3 cm³/mol. The van der Waals surface area contributed by atoms with Gasteiger partial charge in [-0.25, -0.2) is 0 Å². The van der Waals surface area contributed by atoms with Crippen molar-refractivity contribution in [1.29, 1.82) is 0 Å². The van der Waals surface area contributed by atoms with Crippen LogP contribution in [-0.4, -0.2) is 19.8 Å². The van der Waals surface area contributed by atoms with Gasteiger partial charge in [0.25, 0.3) is 0 Å². The van der Waals surface area contributed by atoms with E-state index in [1.165, 1.54) is 24.0 Å². The van der Waals surface area contributed by atoms with Crippen molar-refractivity contribution in [3.05, 3.63) is 29.3 Å². The topological polar surface area (TPSA) is 47.3 Å². The van der Waals surface area contributed by atoms with Crippen LogP contribution in [0.3, 0.4) is 0 Å². The van der Waals surface area contributed by atoms with Crippen molar-refractivity contribution in [3.8, 4) is 0 Å². The third-order valence-electron chi connectivity index (χ3n) is 3.01. The first-order chi connectivity index (χ1) is 7.88. The van der Waals surface area contributed by atoms with E-state index in [1.54, 1.807) is 0 Å². The number of fused-ring (bicyclic) bond motifs is 1. The smallest absolute Gasteiger partial charge is 0.0466 e. The molecule has 16 heavy (non-hydrogen) atoms. The van der Waals surface area contributed by atoms with Gasteiger partial charge in [0.1, 0.15) is 0 Å². The van der Waals surface area contributed by atoms with Crippen LogP contribution in [0, 0.1) is 0 Å². The molecular weight excluding hydrogens is 200 g/mol. The highest BCUT2D eigenvalue weighted by molar-refractivity contribution is 5.51. The summed E-state index contributed by atoms with van der Waals surface area (Å²) in [6, 6.07) is 6.15. The molecular formula is C13H20N2O. The number of nitrogen functional groups attached to an aromatic ring is 1. The van der Waals surface area contributed by atoms with Gasteiger partial charge in [-0.05, 0) is 43.0 Å². The third kappa shape index (κ3) is 2.97. The fraction of sp³-hybridized carbons (Fsp3) is 0.538. The molecule has 1 fully saturated rings. The minimum Gasteiger partial charge on any atom is -0.398 e. The molecule has 2 aliphatic heterocycles. The number of nitrogens with two attached hydrogens (primary N) is 1. The molecule has 1 saturated heterocycles. The zero-order valence-corrected chi connectivity index (χ0v) is 9.67. The summed E-state index contributed by atoms with van der Waals surface area (Å²) >= 11 is 0. The van der Waals surface area contributed by atoms with Crippen LogP contribution in [0.5, 0.6) is 0 Å². The molecule has 0 aromatic heterocycles. The SMILES string of the molecule is C1CCOC1.Nc1cccc2c1CNCC2. The van der Waals surface area contributed by atoms with Crippen LogP contribution >= 0.6 is 0 Å². The highest BCUT2D eigenvalue weighted by atomic mass is 16.5. The maximum Gasteiger partial charge on any atom is 0.0466 e. The zero-order valence-electron chi connectivity index (χ0n) is 9.67. The molecule has 0 saturated carbocycles. The number of hydrogen-bond donors (Lipinski definition) is 2. The molecule has 3 rings (SSSR count). The van der Waals surface area contributed by atoms with Gasteiger partial charge in [-0.1, -0.05) is 12.1 Å². The van der Waals surface area contributed by atoms with Gasteiger partial charge in [-0.3, -0.25) is 0 Å². The highest BCUT2D eigenvalue weighted by Gasteiger charge is 2.09. The molecule has 0 unspecified atom stereocenters. The second kappa shape index (κ2) is 5.87. The number of hydrogen-bond acceptors (Lipinski definition) is 3. The number of benzene rings is 1. The largest absolute Gasteiger partial charge is 0.398 e. The van der Waals surface area contributed by atoms with E-state index in [0.29, 0.717) is 0 Å². The summed E-state index contributed by atoms with van der Waals surface area (Å²) in [4.78, 5) is 0. The maximum atomic E-state index is 5.80. The van der Waals surface area contributed by atoms with Crippen LogP contribution in [-0.2, 0) is 17.7 Å². The van der Waals surface area contributed by atoms with Gasteiger partial charge in [0.15, 0.2) is 0 Å². The standard InChI is InChI=1S/C9H12N2.C4H8O/c10-9-3-1-2-7-4-5-11-6-8(7)9;1-2-4-5-3-1/h1-3,11H,4-6,10H2;1-4H2. The molecule has 0 radical (unpaired) electrons. The van der Waals surface area contributed by atoms with Gasteiger partial charge in [0.2, 0.25) is 0 Å². The Morgan fingerprint density at radius 2 is 2.00 bits per heavy atom. The number of nitrogens with one attached hydrogen (secondary N) is 1. The molecule has 3 nitrogen and oxygen atoms in total. The summed E-state index contributed by atoms with van der Waals surface area (Å²) in [7, 11) is 0. The number of anilines is 1. The van der Waals surface area contributed by atoms with Gasteiger partial charge in [0, 0.05) is 25.4 Å². The Morgan fingerprint density at radius 1 is 1.19 bits per heavy atom. The molecule has 1 aromatic rings. The summed E-state index contributed by atoms with van der Waals surface area (Å²) in [6.45, 7) is 4.01. The summed E-state index contributed by atoms with van der Waals surface area (Å²) in [5, 5.41) is 3.30. The molecule has 2 heterocycles. The molecule has 0 atom stereocenters. The van der Waals surface area contributed by atoms with Gasteiger partial charge in [0.05, 0.1) is 0 Å². The minimum atomic E-state index is 0.926. The summed E-state index contributed by atoms with van der Waals surface area (Å²) in [6.07, 6.45) is 3.67. The van der Waals surface area contributed by atoms with E-state index in [2.05, 4.69) is 11.4 Å². The Balaban J connectivity index is 0.000000162. The van der Waals surface area contributed by atoms with E-state index in [4.69, 9.17) is 10.5 Å². The van der Waals surface area contributed by atoms with Crippen LogP contribution in [0.2, 0.25) is 0 Å². The van der Waals surface area contributed by atoms with E-state index in [-0.39, 0.29) is 0 Å². The average molecular weight is 220 g/mol. The lowest BCUT2D eigenvalue weighted by Gasteiger charge is -2.18. The van der Waals surface area contributed by atoms with Gasteiger partial charge >= 0.3 is 0 Å². The van der Waals surface area contributed by atoms with E-state index < -0.39 is 0 Å². The van der Waals surface area contributed by atoms with E-state index in [9.17, 15) is 0 Å². The first-order valence-corrected chi connectivity index (χ1v) is 6.02. The van der Waals surface area contributed by atoms with Crippen molar-refractivity contribution in [2.75, 3.05) is 25.5 Å². The van der Waals surface area contributed by atoms with Crippen molar-refractivity contribution in [2.45, 2.75) is 25.8 Å². The lowest BCUT2D eigenvalue weighted by atomic mass is 10.00. The van der Waals surface area contributed by atoms with E-state index in [1.807, 2.05) is 12.1 Å². The maximum absolute atomic E-state index is 5.80. The second-order valence-electron chi connectivity index (χ2n) is 4.23. The Bertz CT molecular complexity index is 327. The molecule has 3 N–H and O–H groups in total. The molecule has 0 spiro atoms. The van der Waals surface area contributed by atoms with Crippen molar-refractivity contribution in [2.24, 2.45) is 0 Å². The molecule has 0 aliphatic carbocycles. The van der Waals surface area contributed by atoms with Crippen LogP contribution in [0.15, 0.2) is 18.2 Å². The van der Waals surface area contributed by atoms with Gasteiger partial charge in [-0.15, -0.1) is 0 Å². The quantitative estimate of drug-likeness (QED) is 0.654. The fourth-order valence-electron chi connectivity index (χ4n) is 2.05.